The molecular weight excluding hydrogens is 279 g/mol. The minimum absolute atomic E-state index is 0.0256. The molecule has 0 radical (unpaired) electrons. The van der Waals surface area contributed by atoms with Gasteiger partial charge in [-0.3, -0.25) is 0 Å². The summed E-state index contributed by atoms with van der Waals surface area (Å²) in [4.78, 5) is 11.8. The molecule has 0 aliphatic rings. The van der Waals surface area contributed by atoms with Crippen LogP contribution >= 0.6 is 0 Å². The summed E-state index contributed by atoms with van der Waals surface area (Å²) in [6.07, 6.45) is 2.00. The van der Waals surface area contributed by atoms with Crippen LogP contribution in [-0.2, 0) is 9.53 Å². The third-order valence-corrected chi connectivity index (χ3v) is 4.09. The number of carbonyl (C=O) groups excluding carboxylic acids is 1. The Bertz CT molecular complexity index is 382. The first-order valence-electron chi connectivity index (χ1n) is 5.75. The van der Waals surface area contributed by atoms with Gasteiger partial charge in [-0.15, -0.1) is 0 Å². The van der Waals surface area contributed by atoms with Crippen LogP contribution in [0.1, 0.15) is 20.8 Å². The number of carbonyl (C=O) groups is 1. The molecular formula is C14H18O2Se. The summed E-state index contributed by atoms with van der Waals surface area (Å²) in [5.41, 5.74) is 0. The first-order chi connectivity index (χ1) is 8.13. The third kappa shape index (κ3) is 5.20. The van der Waals surface area contributed by atoms with Crippen molar-refractivity contribution in [1.82, 2.24) is 0 Å². The quantitative estimate of drug-likeness (QED) is 0.473. The number of ether oxygens (including phenoxy) is 1. The van der Waals surface area contributed by atoms with E-state index in [1.807, 2.05) is 43.3 Å². The predicted octanol–water partition coefficient (Wildman–Crippen LogP) is 2.12. The molecule has 0 unspecified atom stereocenters. The van der Waals surface area contributed by atoms with Crippen LogP contribution in [0.15, 0.2) is 40.9 Å². The predicted molar refractivity (Wildman–Crippen MR) is 71.4 cm³/mol. The summed E-state index contributed by atoms with van der Waals surface area (Å²) in [7, 11) is 0. The number of esters is 1. The Kier molecular flexibility index (Phi) is 6.02. The Balaban J connectivity index is 2.81. The molecule has 1 rings (SSSR count). The normalized spacial score (nSPS) is 11.6. The van der Waals surface area contributed by atoms with E-state index in [4.69, 9.17) is 4.74 Å². The van der Waals surface area contributed by atoms with Gasteiger partial charge in [0.25, 0.3) is 0 Å². The zero-order chi connectivity index (χ0) is 12.7. The molecule has 0 aliphatic carbocycles. The van der Waals surface area contributed by atoms with E-state index in [9.17, 15) is 4.79 Å². The van der Waals surface area contributed by atoms with Gasteiger partial charge in [0, 0.05) is 0 Å². The van der Waals surface area contributed by atoms with E-state index in [0.29, 0.717) is 12.5 Å². The molecule has 0 aliphatic heterocycles. The summed E-state index contributed by atoms with van der Waals surface area (Å²) < 4.78 is 7.09. The number of hydrogen-bond acceptors (Lipinski definition) is 2. The van der Waals surface area contributed by atoms with E-state index in [0.717, 1.165) is 4.47 Å². The van der Waals surface area contributed by atoms with Crippen LogP contribution in [0.4, 0.5) is 0 Å². The van der Waals surface area contributed by atoms with Gasteiger partial charge in [-0.1, -0.05) is 0 Å². The van der Waals surface area contributed by atoms with Gasteiger partial charge in [-0.25, -0.2) is 0 Å². The Morgan fingerprint density at radius 2 is 2.00 bits per heavy atom. The minimum atomic E-state index is -0.176. The Morgan fingerprint density at radius 1 is 1.35 bits per heavy atom. The van der Waals surface area contributed by atoms with E-state index in [-0.39, 0.29) is 20.9 Å². The number of hydrogen-bond donors (Lipinski definition) is 0. The first kappa shape index (κ1) is 14.0. The van der Waals surface area contributed by atoms with Crippen molar-refractivity contribution in [3.8, 4) is 0 Å². The van der Waals surface area contributed by atoms with Crippen molar-refractivity contribution in [2.45, 2.75) is 20.8 Å². The number of benzene rings is 1. The molecule has 3 heteroatoms. The molecule has 0 atom stereocenters. The van der Waals surface area contributed by atoms with Crippen molar-refractivity contribution in [3.63, 3.8) is 0 Å². The van der Waals surface area contributed by atoms with Crippen molar-refractivity contribution in [1.29, 1.82) is 0 Å². The van der Waals surface area contributed by atoms with Gasteiger partial charge < -0.3 is 0 Å². The molecule has 2 nitrogen and oxygen atoms in total. The fourth-order valence-electron chi connectivity index (χ4n) is 1.26. The molecule has 0 saturated heterocycles. The molecule has 92 valence electrons. The maximum atomic E-state index is 11.8. The van der Waals surface area contributed by atoms with E-state index < -0.39 is 0 Å². The Labute approximate surface area is 109 Å². The average Bonchev–Trinajstić information content (AvgIpc) is 2.29. The molecule has 17 heavy (non-hydrogen) atoms. The van der Waals surface area contributed by atoms with E-state index in [1.54, 1.807) is 0 Å². The summed E-state index contributed by atoms with van der Waals surface area (Å²) in [5.74, 6) is 0.185. The fraction of sp³-hybridized carbons (Fsp3) is 0.357. The van der Waals surface area contributed by atoms with Gasteiger partial charge in [0.2, 0.25) is 0 Å². The van der Waals surface area contributed by atoms with Gasteiger partial charge >= 0.3 is 109 Å². The van der Waals surface area contributed by atoms with Crippen LogP contribution in [0.25, 0.3) is 0 Å². The molecule has 0 fully saturated rings. The molecule has 0 heterocycles. The van der Waals surface area contributed by atoms with Gasteiger partial charge in [-0.05, 0) is 0 Å². The Hall–Kier alpha value is -1.05. The van der Waals surface area contributed by atoms with Crippen molar-refractivity contribution < 1.29 is 9.53 Å². The molecule has 0 aromatic heterocycles. The van der Waals surface area contributed by atoms with Gasteiger partial charge in [-0.2, -0.15) is 0 Å². The summed E-state index contributed by atoms with van der Waals surface area (Å²) in [6, 6.07) is 10.1. The second-order valence-electron chi connectivity index (χ2n) is 3.91. The van der Waals surface area contributed by atoms with Crippen LogP contribution in [0.5, 0.6) is 0 Å². The fourth-order valence-corrected chi connectivity index (χ4v) is 3.42. The molecule has 0 amide bonds. The van der Waals surface area contributed by atoms with E-state index in [2.05, 4.69) is 13.8 Å². The standard InChI is InChI=1S/C14H18O2Se/c1-4-16-14(15)13(10-11(2)3)17-12-8-6-5-7-9-12/h5-11H,4H2,1-3H3/b13-10+. The summed E-state index contributed by atoms with van der Waals surface area (Å²) in [5, 5.41) is 0. The maximum absolute atomic E-state index is 11.8. The Morgan fingerprint density at radius 3 is 2.53 bits per heavy atom. The van der Waals surface area contributed by atoms with Gasteiger partial charge in [0.15, 0.2) is 0 Å². The van der Waals surface area contributed by atoms with Crippen molar-refractivity contribution in [2.75, 3.05) is 6.61 Å². The summed E-state index contributed by atoms with van der Waals surface area (Å²) >= 11 is 0.0256. The van der Waals surface area contributed by atoms with Crippen LogP contribution in [0.3, 0.4) is 0 Å². The van der Waals surface area contributed by atoms with Gasteiger partial charge in [0.05, 0.1) is 0 Å². The topological polar surface area (TPSA) is 26.3 Å². The van der Waals surface area contributed by atoms with Crippen molar-refractivity contribution in [3.05, 3.63) is 40.9 Å². The molecule has 0 saturated carbocycles. The van der Waals surface area contributed by atoms with Crippen molar-refractivity contribution >= 4 is 25.4 Å². The van der Waals surface area contributed by atoms with Crippen LogP contribution < -0.4 is 4.46 Å². The molecule has 0 spiro atoms. The first-order valence-corrected chi connectivity index (χ1v) is 7.46. The molecule has 0 bridgehead atoms. The number of allylic oxidation sites excluding steroid dienone is 1. The number of rotatable bonds is 5. The van der Waals surface area contributed by atoms with E-state index in [1.165, 1.54) is 4.46 Å². The molecule has 0 N–H and O–H groups in total. The van der Waals surface area contributed by atoms with Crippen molar-refractivity contribution in [2.24, 2.45) is 5.92 Å². The monoisotopic (exact) mass is 298 g/mol. The zero-order valence-corrected chi connectivity index (χ0v) is 12.2. The SMILES string of the molecule is CCOC(=O)/C(=C\C(C)C)[Se]c1ccccc1. The summed E-state index contributed by atoms with van der Waals surface area (Å²) in [6.45, 7) is 6.40. The third-order valence-electron chi connectivity index (χ3n) is 1.93. The molecule has 1 aromatic carbocycles. The van der Waals surface area contributed by atoms with E-state index >= 15 is 0 Å². The second-order valence-corrected chi connectivity index (χ2v) is 6.25. The zero-order valence-electron chi connectivity index (χ0n) is 10.5. The van der Waals surface area contributed by atoms with Crippen LogP contribution in [-0.4, -0.2) is 27.5 Å². The van der Waals surface area contributed by atoms with Crippen LogP contribution in [0, 0.1) is 5.92 Å². The van der Waals surface area contributed by atoms with Gasteiger partial charge in [0.1, 0.15) is 0 Å². The van der Waals surface area contributed by atoms with Crippen LogP contribution in [0.2, 0.25) is 0 Å². The second kappa shape index (κ2) is 7.31. The average molecular weight is 297 g/mol. The molecule has 1 aromatic rings.